The minimum Gasteiger partial charge on any atom is -0.334 e. The molecular formula is C20H22ClN3O2. The second-order valence-electron chi connectivity index (χ2n) is 6.55. The number of hydrogen-bond donors (Lipinski definition) is 3. The van der Waals surface area contributed by atoms with Crippen molar-refractivity contribution in [3.8, 4) is 0 Å². The molecule has 1 fully saturated rings. The van der Waals surface area contributed by atoms with Crippen LogP contribution in [0.15, 0.2) is 54.6 Å². The van der Waals surface area contributed by atoms with Crippen LogP contribution in [0, 0.1) is 0 Å². The Morgan fingerprint density at radius 3 is 2.42 bits per heavy atom. The van der Waals surface area contributed by atoms with Crippen LogP contribution in [0.5, 0.6) is 0 Å². The Bertz CT molecular complexity index is 774. The molecule has 26 heavy (non-hydrogen) atoms. The van der Waals surface area contributed by atoms with Crippen LogP contribution in [0.4, 0.5) is 10.5 Å². The standard InChI is InChI=1S/C20H22ClN3O2/c21-16-9-6-10-17(13-16)23-18(25)20(11-4-5-12-20)24-19(26)22-14-15-7-2-1-3-8-15/h1-3,6-10,13H,4-5,11-12,14H2,(H,23,25)(H2,22,24,26). The van der Waals surface area contributed by atoms with Crippen molar-refractivity contribution in [2.75, 3.05) is 5.32 Å². The van der Waals surface area contributed by atoms with Crippen LogP contribution in [0.2, 0.25) is 5.02 Å². The second-order valence-corrected chi connectivity index (χ2v) is 6.98. The lowest BCUT2D eigenvalue weighted by molar-refractivity contribution is -0.121. The summed E-state index contributed by atoms with van der Waals surface area (Å²) in [6, 6.07) is 16.3. The molecule has 136 valence electrons. The average Bonchev–Trinajstić information content (AvgIpc) is 3.11. The Balaban J connectivity index is 1.63. The van der Waals surface area contributed by atoms with Crippen molar-refractivity contribution in [3.63, 3.8) is 0 Å². The van der Waals surface area contributed by atoms with E-state index >= 15 is 0 Å². The molecule has 5 nitrogen and oxygen atoms in total. The second kappa shape index (κ2) is 8.23. The van der Waals surface area contributed by atoms with Gasteiger partial charge in [0.05, 0.1) is 0 Å². The molecule has 2 aromatic carbocycles. The first-order valence-electron chi connectivity index (χ1n) is 8.74. The Kier molecular flexibility index (Phi) is 5.78. The van der Waals surface area contributed by atoms with Gasteiger partial charge in [0, 0.05) is 17.3 Å². The van der Waals surface area contributed by atoms with E-state index in [-0.39, 0.29) is 11.9 Å². The summed E-state index contributed by atoms with van der Waals surface area (Å²) in [5.41, 5.74) is 0.745. The van der Waals surface area contributed by atoms with E-state index in [0.717, 1.165) is 18.4 Å². The minimum atomic E-state index is -0.886. The van der Waals surface area contributed by atoms with Gasteiger partial charge >= 0.3 is 6.03 Å². The molecule has 1 saturated carbocycles. The zero-order valence-corrected chi connectivity index (χ0v) is 15.2. The van der Waals surface area contributed by atoms with Gasteiger partial charge < -0.3 is 16.0 Å². The van der Waals surface area contributed by atoms with Gasteiger partial charge in [-0.3, -0.25) is 4.79 Å². The van der Waals surface area contributed by atoms with Crippen LogP contribution < -0.4 is 16.0 Å². The van der Waals surface area contributed by atoms with Gasteiger partial charge in [-0.25, -0.2) is 4.79 Å². The van der Waals surface area contributed by atoms with E-state index in [2.05, 4.69) is 16.0 Å². The van der Waals surface area contributed by atoms with Crippen molar-refractivity contribution in [1.82, 2.24) is 10.6 Å². The molecule has 0 unspecified atom stereocenters. The fourth-order valence-electron chi connectivity index (χ4n) is 3.24. The quantitative estimate of drug-likeness (QED) is 0.740. The monoisotopic (exact) mass is 371 g/mol. The summed E-state index contributed by atoms with van der Waals surface area (Å²) in [7, 11) is 0. The summed E-state index contributed by atoms with van der Waals surface area (Å²) in [5.74, 6) is -0.202. The number of benzene rings is 2. The molecule has 0 aliphatic heterocycles. The van der Waals surface area contributed by atoms with Crippen LogP contribution >= 0.6 is 11.6 Å². The third-order valence-corrected chi connectivity index (χ3v) is 4.86. The van der Waals surface area contributed by atoms with E-state index in [1.165, 1.54) is 0 Å². The zero-order valence-electron chi connectivity index (χ0n) is 14.4. The van der Waals surface area contributed by atoms with Crippen LogP contribution in [0.3, 0.4) is 0 Å². The Morgan fingerprint density at radius 2 is 1.73 bits per heavy atom. The Morgan fingerprint density at radius 1 is 1.00 bits per heavy atom. The van der Waals surface area contributed by atoms with Crippen LogP contribution in [-0.2, 0) is 11.3 Å². The molecule has 6 heteroatoms. The Hall–Kier alpha value is -2.53. The number of carbonyl (C=O) groups is 2. The van der Waals surface area contributed by atoms with E-state index in [1.807, 2.05) is 30.3 Å². The zero-order chi connectivity index (χ0) is 18.4. The van der Waals surface area contributed by atoms with Gasteiger partial charge in [0.25, 0.3) is 0 Å². The van der Waals surface area contributed by atoms with Gasteiger partial charge in [-0.2, -0.15) is 0 Å². The number of urea groups is 1. The van der Waals surface area contributed by atoms with E-state index in [1.54, 1.807) is 24.3 Å². The molecule has 0 radical (unpaired) electrons. The molecule has 3 N–H and O–H groups in total. The summed E-state index contributed by atoms with van der Waals surface area (Å²) in [5, 5.41) is 9.16. The summed E-state index contributed by atoms with van der Waals surface area (Å²) in [6.45, 7) is 0.415. The summed E-state index contributed by atoms with van der Waals surface area (Å²) < 4.78 is 0. The number of halogens is 1. The van der Waals surface area contributed by atoms with Gasteiger partial charge in [-0.1, -0.05) is 60.8 Å². The number of amides is 3. The third-order valence-electron chi connectivity index (χ3n) is 4.62. The molecule has 0 aromatic heterocycles. The lowest BCUT2D eigenvalue weighted by Gasteiger charge is -2.29. The SMILES string of the molecule is O=C(NCc1ccccc1)NC1(C(=O)Nc2cccc(Cl)c2)CCCC1. The first-order valence-corrected chi connectivity index (χ1v) is 9.12. The maximum absolute atomic E-state index is 12.9. The minimum absolute atomic E-state index is 0.202. The first kappa shape index (κ1) is 18.3. The fraction of sp³-hybridized carbons (Fsp3) is 0.300. The van der Waals surface area contributed by atoms with Gasteiger partial charge in [0.1, 0.15) is 5.54 Å². The molecule has 0 heterocycles. The smallest absolute Gasteiger partial charge is 0.315 e. The number of nitrogens with one attached hydrogen (secondary N) is 3. The van der Waals surface area contributed by atoms with E-state index < -0.39 is 5.54 Å². The highest BCUT2D eigenvalue weighted by Crippen LogP contribution is 2.31. The maximum Gasteiger partial charge on any atom is 0.315 e. The molecule has 0 atom stereocenters. The van der Waals surface area contributed by atoms with Crippen molar-refractivity contribution in [3.05, 3.63) is 65.2 Å². The molecular weight excluding hydrogens is 350 g/mol. The van der Waals surface area contributed by atoms with Crippen LogP contribution in [0.1, 0.15) is 31.2 Å². The topological polar surface area (TPSA) is 70.2 Å². The Labute approximate surface area is 158 Å². The van der Waals surface area contributed by atoms with E-state index in [4.69, 9.17) is 11.6 Å². The molecule has 0 bridgehead atoms. The summed E-state index contributed by atoms with van der Waals surface area (Å²) in [4.78, 5) is 25.2. The molecule has 3 rings (SSSR count). The first-order chi connectivity index (χ1) is 12.6. The molecule has 2 aromatic rings. The normalized spacial score (nSPS) is 15.3. The number of rotatable bonds is 5. The molecule has 3 amide bonds. The van der Waals surface area contributed by atoms with Crippen molar-refractivity contribution < 1.29 is 9.59 Å². The van der Waals surface area contributed by atoms with Crippen LogP contribution in [0.25, 0.3) is 0 Å². The maximum atomic E-state index is 12.9. The summed E-state index contributed by atoms with van der Waals surface area (Å²) >= 11 is 5.98. The number of hydrogen-bond acceptors (Lipinski definition) is 2. The van der Waals surface area contributed by atoms with Crippen molar-refractivity contribution in [2.45, 2.75) is 37.8 Å². The predicted octanol–water partition coefficient (Wildman–Crippen LogP) is 4.09. The highest BCUT2D eigenvalue weighted by molar-refractivity contribution is 6.30. The molecule has 0 spiro atoms. The van der Waals surface area contributed by atoms with Crippen molar-refractivity contribution in [1.29, 1.82) is 0 Å². The number of anilines is 1. The highest BCUT2D eigenvalue weighted by atomic mass is 35.5. The largest absolute Gasteiger partial charge is 0.334 e. The van der Waals surface area contributed by atoms with Gasteiger partial charge in [0.15, 0.2) is 0 Å². The molecule has 1 aliphatic rings. The van der Waals surface area contributed by atoms with Gasteiger partial charge in [-0.05, 0) is 36.6 Å². The van der Waals surface area contributed by atoms with E-state index in [0.29, 0.717) is 30.1 Å². The highest BCUT2D eigenvalue weighted by Gasteiger charge is 2.42. The van der Waals surface area contributed by atoms with Gasteiger partial charge in [0.2, 0.25) is 5.91 Å². The summed E-state index contributed by atoms with van der Waals surface area (Å²) in [6.07, 6.45) is 3.06. The molecule has 1 aliphatic carbocycles. The number of carbonyl (C=O) groups excluding carboxylic acids is 2. The van der Waals surface area contributed by atoms with Crippen molar-refractivity contribution in [2.24, 2.45) is 0 Å². The van der Waals surface area contributed by atoms with Crippen molar-refractivity contribution >= 4 is 29.2 Å². The van der Waals surface area contributed by atoms with Crippen LogP contribution in [-0.4, -0.2) is 17.5 Å². The lowest BCUT2D eigenvalue weighted by atomic mass is 9.96. The predicted molar refractivity (Wildman–Crippen MR) is 103 cm³/mol. The lowest BCUT2D eigenvalue weighted by Crippen LogP contribution is -2.57. The third kappa shape index (κ3) is 4.55. The fourth-order valence-corrected chi connectivity index (χ4v) is 3.43. The molecule has 0 saturated heterocycles. The average molecular weight is 372 g/mol. The van der Waals surface area contributed by atoms with Gasteiger partial charge in [-0.15, -0.1) is 0 Å². The van der Waals surface area contributed by atoms with E-state index in [9.17, 15) is 9.59 Å².